The van der Waals surface area contributed by atoms with Crippen molar-refractivity contribution in [2.24, 2.45) is 0 Å². The summed E-state index contributed by atoms with van der Waals surface area (Å²) in [6.07, 6.45) is 0. The third-order valence-electron chi connectivity index (χ3n) is 11.0. The van der Waals surface area contributed by atoms with Crippen LogP contribution >= 0.6 is 0 Å². The molecule has 0 saturated carbocycles. The molecule has 0 amide bonds. The molecule has 2 nitrogen and oxygen atoms in total. The lowest BCUT2D eigenvalue weighted by molar-refractivity contribution is 0.0979. The van der Waals surface area contributed by atoms with Crippen molar-refractivity contribution in [3.05, 3.63) is 178 Å². The summed E-state index contributed by atoms with van der Waals surface area (Å²) in [6.45, 7) is 9.02. The van der Waals surface area contributed by atoms with Gasteiger partial charge >= 0.3 is 0 Å². The van der Waals surface area contributed by atoms with E-state index in [0.29, 0.717) is 22.3 Å². The number of hydrogen-bond acceptors (Lipinski definition) is 2. The summed E-state index contributed by atoms with van der Waals surface area (Å²) in [5.74, 6) is -0.116. The predicted octanol–water partition coefficient (Wildman–Crippen LogP) is 11.1. The van der Waals surface area contributed by atoms with Gasteiger partial charge in [-0.25, -0.2) is 0 Å². The van der Waals surface area contributed by atoms with E-state index >= 15 is 0 Å². The van der Waals surface area contributed by atoms with Gasteiger partial charge in [0, 0.05) is 33.1 Å². The summed E-state index contributed by atoms with van der Waals surface area (Å²) in [5, 5.41) is 5.29. The highest BCUT2D eigenvalue weighted by Gasteiger charge is 2.39. The Bertz CT molecular complexity index is 2550. The molecular weight excluding hydrogens is 585 g/mol. The molecule has 7 aromatic rings. The third-order valence-corrected chi connectivity index (χ3v) is 11.0. The van der Waals surface area contributed by atoms with E-state index < -0.39 is 0 Å². The zero-order valence-corrected chi connectivity index (χ0v) is 27.5. The van der Waals surface area contributed by atoms with Gasteiger partial charge in [0.15, 0.2) is 11.6 Å². The van der Waals surface area contributed by atoms with E-state index in [1.807, 2.05) is 30.3 Å². The average Bonchev–Trinajstić information content (AvgIpc) is 3.47. The van der Waals surface area contributed by atoms with Gasteiger partial charge in [-0.2, -0.15) is 0 Å². The Hall–Kier alpha value is -5.60. The summed E-state index contributed by atoms with van der Waals surface area (Å²) < 4.78 is 0. The first-order chi connectivity index (χ1) is 23.1. The molecule has 48 heavy (non-hydrogen) atoms. The van der Waals surface area contributed by atoms with Crippen molar-refractivity contribution in [2.45, 2.75) is 38.5 Å². The summed E-state index contributed by atoms with van der Waals surface area (Å²) in [4.78, 5) is 26.0. The molecule has 0 N–H and O–H groups in total. The molecule has 0 fully saturated rings. The van der Waals surface area contributed by atoms with Crippen molar-refractivity contribution in [1.29, 1.82) is 0 Å². The van der Waals surface area contributed by atoms with Gasteiger partial charge in [-0.05, 0) is 102 Å². The fraction of sp³-hybridized carbons (Fsp3) is 0.130. The normalized spacial score (nSPS) is 15.5. The highest BCUT2D eigenvalue weighted by molar-refractivity contribution is 6.29. The van der Waals surface area contributed by atoms with Crippen LogP contribution in [0, 0.1) is 0 Å². The number of ketones is 2. The molecule has 0 heterocycles. The van der Waals surface area contributed by atoms with Gasteiger partial charge < -0.3 is 0 Å². The first-order valence-electron chi connectivity index (χ1n) is 16.7. The van der Waals surface area contributed by atoms with Crippen LogP contribution in [0.1, 0.15) is 81.8 Å². The number of fused-ring (bicyclic) bond motifs is 10. The Morgan fingerprint density at radius 1 is 0.312 bits per heavy atom. The van der Waals surface area contributed by atoms with Crippen molar-refractivity contribution in [3.8, 4) is 22.3 Å². The second-order valence-corrected chi connectivity index (χ2v) is 14.4. The molecule has 0 aromatic heterocycles. The molecule has 7 aromatic carbocycles. The van der Waals surface area contributed by atoms with E-state index in [0.717, 1.165) is 16.7 Å². The summed E-state index contributed by atoms with van der Waals surface area (Å²) in [7, 11) is 0. The quantitative estimate of drug-likeness (QED) is 0.158. The Labute approximate surface area is 280 Å². The maximum Gasteiger partial charge on any atom is 0.194 e. The van der Waals surface area contributed by atoms with Crippen LogP contribution in [-0.2, 0) is 10.8 Å². The van der Waals surface area contributed by atoms with Crippen molar-refractivity contribution in [3.63, 3.8) is 0 Å². The lowest BCUT2D eigenvalue weighted by Crippen LogP contribution is -2.22. The lowest BCUT2D eigenvalue weighted by atomic mass is 9.78. The van der Waals surface area contributed by atoms with Crippen LogP contribution in [0.15, 0.2) is 133 Å². The highest BCUT2D eigenvalue weighted by atomic mass is 16.1. The molecule has 2 heteroatoms. The van der Waals surface area contributed by atoms with E-state index in [2.05, 4.69) is 113 Å². The first kappa shape index (κ1) is 28.6. The Balaban J connectivity index is 0.000000131. The van der Waals surface area contributed by atoms with Crippen molar-refractivity contribution in [2.75, 3.05) is 0 Å². The van der Waals surface area contributed by atoms with Gasteiger partial charge in [-0.15, -0.1) is 0 Å². The van der Waals surface area contributed by atoms with Crippen LogP contribution in [0.5, 0.6) is 0 Å². The predicted molar refractivity (Wildman–Crippen MR) is 196 cm³/mol. The summed E-state index contributed by atoms with van der Waals surface area (Å²) in [6, 6.07) is 46.1. The van der Waals surface area contributed by atoms with Crippen LogP contribution in [0.25, 0.3) is 43.8 Å². The number of benzene rings is 7. The zero-order valence-electron chi connectivity index (χ0n) is 27.5. The topological polar surface area (TPSA) is 34.1 Å². The molecular formula is C46H34O2. The first-order valence-corrected chi connectivity index (χ1v) is 16.7. The van der Waals surface area contributed by atoms with E-state index in [1.54, 1.807) is 18.2 Å². The fourth-order valence-electron chi connectivity index (χ4n) is 8.43. The second-order valence-electron chi connectivity index (χ2n) is 14.4. The van der Waals surface area contributed by atoms with Crippen molar-refractivity contribution < 1.29 is 9.59 Å². The van der Waals surface area contributed by atoms with Gasteiger partial charge in [-0.3, -0.25) is 9.59 Å². The van der Waals surface area contributed by atoms with Gasteiger partial charge in [0.25, 0.3) is 0 Å². The number of hydrogen-bond donors (Lipinski definition) is 0. The molecule has 0 bridgehead atoms. The molecule has 0 atom stereocenters. The SMILES string of the molecule is CC1(C)c2ccccc2-c2cc3c(cc21)C(=O)c1ccccc1C3=O.CC1(C)c2ccccc2-c2cc3cc4ccccc4cc3cc21. The number of carbonyl (C=O) groups excluding carboxylic acids is 2. The fourth-order valence-corrected chi connectivity index (χ4v) is 8.43. The average molecular weight is 619 g/mol. The molecule has 0 spiro atoms. The maximum absolute atomic E-state index is 13.0. The summed E-state index contributed by atoms with van der Waals surface area (Å²) in [5.41, 5.74) is 12.2. The molecule has 0 radical (unpaired) electrons. The van der Waals surface area contributed by atoms with Crippen LogP contribution < -0.4 is 0 Å². The second kappa shape index (κ2) is 9.95. The van der Waals surface area contributed by atoms with Crippen LogP contribution in [0.3, 0.4) is 0 Å². The number of rotatable bonds is 0. The molecule has 3 aliphatic carbocycles. The minimum absolute atomic E-state index is 0.0558. The van der Waals surface area contributed by atoms with Crippen molar-refractivity contribution in [1.82, 2.24) is 0 Å². The van der Waals surface area contributed by atoms with Crippen LogP contribution in [-0.4, -0.2) is 11.6 Å². The van der Waals surface area contributed by atoms with Gasteiger partial charge in [0.1, 0.15) is 0 Å². The van der Waals surface area contributed by atoms with E-state index in [-0.39, 0.29) is 22.4 Å². The zero-order chi connectivity index (χ0) is 32.9. The van der Waals surface area contributed by atoms with Gasteiger partial charge in [-0.1, -0.05) is 125 Å². The van der Waals surface area contributed by atoms with E-state index in [1.165, 1.54) is 49.4 Å². The summed E-state index contributed by atoms with van der Waals surface area (Å²) >= 11 is 0. The Kier molecular flexibility index (Phi) is 5.93. The smallest absolute Gasteiger partial charge is 0.194 e. The minimum atomic E-state index is -0.179. The molecule has 10 rings (SSSR count). The standard InChI is InChI=1S/C23H16O2.C23H18/c1-23(2)19-10-6-5-7-13(19)16-11-17-18(12-20(16)23)22(25)15-9-4-3-8-14(15)21(17)24;1-23(2)21-10-6-5-9-19(21)20-13-17-11-15-7-3-4-8-16(15)12-18(17)14-22(20)23/h3-12H,1-2H3;3-14H,1-2H3. The molecule has 0 aliphatic heterocycles. The van der Waals surface area contributed by atoms with Gasteiger partial charge in [0.05, 0.1) is 0 Å². The molecule has 0 unspecified atom stereocenters. The lowest BCUT2D eigenvalue weighted by Gasteiger charge is -2.24. The minimum Gasteiger partial charge on any atom is -0.289 e. The monoisotopic (exact) mass is 618 g/mol. The van der Waals surface area contributed by atoms with E-state index in [4.69, 9.17) is 0 Å². The van der Waals surface area contributed by atoms with E-state index in [9.17, 15) is 9.59 Å². The largest absolute Gasteiger partial charge is 0.289 e. The highest BCUT2D eigenvalue weighted by Crippen LogP contribution is 2.51. The van der Waals surface area contributed by atoms with Crippen molar-refractivity contribution >= 4 is 33.1 Å². The number of carbonyl (C=O) groups is 2. The van der Waals surface area contributed by atoms with Gasteiger partial charge in [0.2, 0.25) is 0 Å². The third kappa shape index (κ3) is 3.93. The molecule has 230 valence electrons. The van der Waals surface area contributed by atoms with Crippen LogP contribution in [0.4, 0.5) is 0 Å². The van der Waals surface area contributed by atoms with Crippen LogP contribution in [0.2, 0.25) is 0 Å². The Morgan fingerprint density at radius 3 is 1.25 bits per heavy atom. The molecule has 0 saturated heterocycles. The molecule has 3 aliphatic rings. The maximum atomic E-state index is 13.0. The Morgan fingerprint density at radius 2 is 0.708 bits per heavy atom.